The van der Waals surface area contributed by atoms with Crippen LogP contribution in [-0.4, -0.2) is 29.0 Å². The van der Waals surface area contributed by atoms with Crippen molar-refractivity contribution in [2.75, 3.05) is 13.7 Å². The van der Waals surface area contributed by atoms with Gasteiger partial charge < -0.3 is 18.9 Å². The molecule has 0 unspecified atom stereocenters. The van der Waals surface area contributed by atoms with Crippen LogP contribution >= 0.6 is 11.3 Å². The number of benzene rings is 2. The summed E-state index contributed by atoms with van der Waals surface area (Å²) >= 11 is 1.64. The van der Waals surface area contributed by atoms with E-state index in [1.807, 2.05) is 73.0 Å². The normalized spacial score (nSPS) is 10.7. The van der Waals surface area contributed by atoms with Gasteiger partial charge in [-0.15, -0.1) is 11.3 Å². The van der Waals surface area contributed by atoms with Crippen LogP contribution in [-0.2, 0) is 19.7 Å². The number of hydrogen-bond acceptors (Lipinski definition) is 5. The van der Waals surface area contributed by atoms with Crippen molar-refractivity contribution in [3.63, 3.8) is 0 Å². The summed E-state index contributed by atoms with van der Waals surface area (Å²) in [7, 11) is 1.60. The average Bonchev–Trinajstić information content (AvgIpc) is 3.41. The molecule has 0 aliphatic rings. The first-order valence-corrected chi connectivity index (χ1v) is 12.3. The van der Waals surface area contributed by atoms with Gasteiger partial charge in [0.15, 0.2) is 11.5 Å². The molecule has 1 amide bonds. The molecule has 0 radical (unpaired) electrons. The molecule has 7 heteroatoms. The van der Waals surface area contributed by atoms with Gasteiger partial charge in [-0.1, -0.05) is 42.5 Å². The van der Waals surface area contributed by atoms with Crippen molar-refractivity contribution in [1.82, 2.24) is 9.47 Å². The van der Waals surface area contributed by atoms with Crippen LogP contribution in [0.1, 0.15) is 33.3 Å². The number of nitrogens with zero attached hydrogens (tertiary/aromatic N) is 2. The summed E-state index contributed by atoms with van der Waals surface area (Å²) in [5, 5.41) is 2.01. The summed E-state index contributed by atoms with van der Waals surface area (Å²) < 4.78 is 13.0. The molecule has 0 saturated carbocycles. The van der Waals surface area contributed by atoms with E-state index < -0.39 is 0 Å². The van der Waals surface area contributed by atoms with Crippen LogP contribution in [0.3, 0.4) is 0 Å². The molecule has 0 atom stereocenters. The monoisotopic (exact) mass is 488 g/mol. The smallest absolute Gasteiger partial charge is 0.263 e. The molecular weight excluding hydrogens is 460 g/mol. The Morgan fingerprint density at radius 3 is 2.51 bits per heavy atom. The van der Waals surface area contributed by atoms with Crippen LogP contribution < -0.4 is 15.0 Å². The molecule has 0 fully saturated rings. The summed E-state index contributed by atoms with van der Waals surface area (Å²) in [4.78, 5) is 29.2. The summed E-state index contributed by atoms with van der Waals surface area (Å²) in [6.07, 6.45) is 1.71. The highest BCUT2D eigenvalue weighted by Crippen LogP contribution is 2.30. The number of ether oxygens (including phenoxy) is 2. The third-order valence-corrected chi connectivity index (χ3v) is 6.52. The zero-order valence-electron chi connectivity index (χ0n) is 19.8. The molecule has 35 heavy (non-hydrogen) atoms. The lowest BCUT2D eigenvalue weighted by Gasteiger charge is -2.22. The largest absolute Gasteiger partial charge is 0.493 e. The quantitative estimate of drug-likeness (QED) is 0.308. The molecular formula is C28H28N2O4S. The van der Waals surface area contributed by atoms with Crippen molar-refractivity contribution < 1.29 is 14.3 Å². The number of carbonyl (C=O) groups excluding carboxylic acids is 1. The third kappa shape index (κ3) is 6.00. The molecule has 4 rings (SSSR count). The lowest BCUT2D eigenvalue weighted by Crippen LogP contribution is -2.36. The molecule has 0 aliphatic carbocycles. The van der Waals surface area contributed by atoms with E-state index in [0.29, 0.717) is 37.7 Å². The lowest BCUT2D eigenvalue weighted by molar-refractivity contribution is 0.0750. The van der Waals surface area contributed by atoms with E-state index in [0.717, 1.165) is 16.0 Å². The number of carbonyl (C=O) groups is 1. The van der Waals surface area contributed by atoms with E-state index in [-0.39, 0.29) is 17.0 Å². The number of methoxy groups -OCH3 is 1. The van der Waals surface area contributed by atoms with E-state index in [1.165, 1.54) is 0 Å². The maximum Gasteiger partial charge on any atom is 0.263 e. The Hall–Kier alpha value is -3.84. The van der Waals surface area contributed by atoms with Crippen LogP contribution in [0.25, 0.3) is 0 Å². The molecule has 0 aliphatic heterocycles. The predicted molar refractivity (Wildman–Crippen MR) is 138 cm³/mol. The topological polar surface area (TPSA) is 60.8 Å². The summed E-state index contributed by atoms with van der Waals surface area (Å²) in [6, 6.07) is 22.7. The fourth-order valence-corrected chi connectivity index (χ4v) is 4.41. The highest BCUT2D eigenvalue weighted by Gasteiger charge is 2.19. The third-order valence-electron chi connectivity index (χ3n) is 5.67. The molecule has 0 bridgehead atoms. The predicted octanol–water partition coefficient (Wildman–Crippen LogP) is 5.21. The zero-order valence-corrected chi connectivity index (χ0v) is 20.7. The number of rotatable bonds is 10. The lowest BCUT2D eigenvalue weighted by atomic mass is 10.1. The van der Waals surface area contributed by atoms with Crippen LogP contribution in [0.15, 0.2) is 89.2 Å². The average molecular weight is 489 g/mol. The van der Waals surface area contributed by atoms with Crippen molar-refractivity contribution >= 4 is 17.2 Å². The second kappa shape index (κ2) is 11.5. The Morgan fingerprint density at radius 1 is 0.971 bits per heavy atom. The minimum absolute atomic E-state index is 0.160. The van der Waals surface area contributed by atoms with Gasteiger partial charge >= 0.3 is 0 Å². The van der Waals surface area contributed by atoms with Gasteiger partial charge in [0.2, 0.25) is 0 Å². The van der Waals surface area contributed by atoms with Crippen LogP contribution in [0, 0.1) is 0 Å². The molecule has 6 nitrogen and oxygen atoms in total. The van der Waals surface area contributed by atoms with Crippen LogP contribution in [0.5, 0.6) is 11.5 Å². The highest BCUT2D eigenvalue weighted by atomic mass is 32.1. The van der Waals surface area contributed by atoms with Crippen molar-refractivity contribution in [1.29, 1.82) is 0 Å². The van der Waals surface area contributed by atoms with Gasteiger partial charge in [0, 0.05) is 24.2 Å². The Labute approximate surface area is 209 Å². The highest BCUT2D eigenvalue weighted by molar-refractivity contribution is 7.09. The molecule has 2 heterocycles. The summed E-state index contributed by atoms with van der Waals surface area (Å²) in [5.74, 6) is 0.954. The first-order valence-electron chi connectivity index (χ1n) is 11.4. The van der Waals surface area contributed by atoms with Crippen molar-refractivity contribution in [2.24, 2.45) is 0 Å². The minimum atomic E-state index is -0.297. The molecule has 0 spiro atoms. The van der Waals surface area contributed by atoms with Gasteiger partial charge in [-0.3, -0.25) is 9.59 Å². The molecule has 2 aromatic heterocycles. The van der Waals surface area contributed by atoms with Gasteiger partial charge in [0.1, 0.15) is 12.2 Å². The Morgan fingerprint density at radius 2 is 1.80 bits per heavy atom. The van der Waals surface area contributed by atoms with Crippen molar-refractivity contribution in [3.05, 3.63) is 116 Å². The summed E-state index contributed by atoms with van der Waals surface area (Å²) in [6.45, 7) is 3.60. The maximum atomic E-state index is 13.3. The molecule has 4 aromatic rings. The molecule has 0 saturated heterocycles. The van der Waals surface area contributed by atoms with Gasteiger partial charge in [0.05, 0.1) is 13.7 Å². The Balaban J connectivity index is 1.49. The molecule has 2 aromatic carbocycles. The van der Waals surface area contributed by atoms with E-state index in [1.54, 1.807) is 46.2 Å². The van der Waals surface area contributed by atoms with Gasteiger partial charge in [-0.05, 0) is 53.8 Å². The number of hydrogen-bond donors (Lipinski definition) is 0. The number of thiophene rings is 1. The number of amides is 1. The molecule has 180 valence electrons. The SMILES string of the molecule is CCN(Cc1ccc(OCc2cccs2)c(OC)c1)C(=O)c1cccn(Cc2ccccc2)c1=O. The van der Waals surface area contributed by atoms with E-state index >= 15 is 0 Å². The number of aromatic nitrogens is 1. The number of pyridine rings is 1. The van der Waals surface area contributed by atoms with Crippen LogP contribution in [0.2, 0.25) is 0 Å². The van der Waals surface area contributed by atoms with Gasteiger partial charge in [-0.2, -0.15) is 0 Å². The van der Waals surface area contributed by atoms with Crippen LogP contribution in [0.4, 0.5) is 0 Å². The summed E-state index contributed by atoms with van der Waals surface area (Å²) in [5.41, 5.74) is 1.75. The maximum absolute atomic E-state index is 13.3. The van der Waals surface area contributed by atoms with Crippen molar-refractivity contribution in [2.45, 2.75) is 26.6 Å². The standard InChI is InChI=1S/C28H28N2O4S/c1-3-29(19-22-13-14-25(26(17-22)33-2)34-20-23-11-8-16-35-23)27(31)24-12-7-15-30(28(24)32)18-21-9-5-4-6-10-21/h4-17H,3,18-20H2,1-2H3. The second-order valence-electron chi connectivity index (χ2n) is 8.01. The fraction of sp³-hybridized carbons (Fsp3) is 0.214. The minimum Gasteiger partial charge on any atom is -0.493 e. The first-order chi connectivity index (χ1) is 17.1. The van der Waals surface area contributed by atoms with Gasteiger partial charge in [-0.25, -0.2) is 0 Å². The second-order valence-corrected chi connectivity index (χ2v) is 9.05. The van der Waals surface area contributed by atoms with E-state index in [9.17, 15) is 9.59 Å². The first kappa shape index (κ1) is 24.3. The Bertz CT molecular complexity index is 1320. The fourth-order valence-electron chi connectivity index (χ4n) is 3.80. The molecule has 0 N–H and O–H groups in total. The van der Waals surface area contributed by atoms with Gasteiger partial charge in [0.25, 0.3) is 11.5 Å². The van der Waals surface area contributed by atoms with Crippen molar-refractivity contribution in [3.8, 4) is 11.5 Å². The van der Waals surface area contributed by atoms with E-state index in [2.05, 4.69) is 0 Å². The zero-order chi connectivity index (χ0) is 24.6. The van der Waals surface area contributed by atoms with E-state index in [4.69, 9.17) is 9.47 Å². The Kier molecular flexibility index (Phi) is 8.00.